The van der Waals surface area contributed by atoms with Gasteiger partial charge in [-0.2, -0.15) is 0 Å². The largest absolute Gasteiger partial charge is 0.508 e. The molecule has 0 radical (unpaired) electrons. The van der Waals surface area contributed by atoms with E-state index in [1.807, 2.05) is 0 Å². The number of hydrogen-bond acceptors (Lipinski definition) is 5. The second kappa shape index (κ2) is 5.14. The van der Waals surface area contributed by atoms with E-state index in [-0.39, 0.29) is 14.8 Å². The number of phenolic OH excluding ortho intramolecular Hbond substituents is 1. The molecule has 0 atom stereocenters. The summed E-state index contributed by atoms with van der Waals surface area (Å²) in [6.07, 6.45) is 0. The average Bonchev–Trinajstić information content (AvgIpc) is 2.89. The topological polar surface area (TPSA) is 94.9 Å². The smallest absolute Gasteiger partial charge is 0.345 e. The van der Waals surface area contributed by atoms with Gasteiger partial charge in [0.1, 0.15) is 14.8 Å². The van der Waals surface area contributed by atoms with Gasteiger partial charge >= 0.3 is 5.97 Å². The number of aromatic hydroxyl groups is 1. The number of benzene rings is 1. The van der Waals surface area contributed by atoms with Crippen LogP contribution in [0.2, 0.25) is 0 Å². The molecule has 2 rings (SSSR count). The normalized spacial score (nSPS) is 11.2. The van der Waals surface area contributed by atoms with Gasteiger partial charge in [-0.05, 0) is 36.4 Å². The fourth-order valence-corrected chi connectivity index (χ4v) is 4.02. The predicted octanol–water partition coefficient (Wildman–Crippen LogP) is 1.98. The Morgan fingerprint density at radius 1 is 1.15 bits per heavy atom. The van der Waals surface area contributed by atoms with Crippen molar-refractivity contribution in [3.63, 3.8) is 0 Å². The maximum absolute atomic E-state index is 12.3. The third-order valence-electron chi connectivity index (χ3n) is 2.62. The molecule has 0 aliphatic carbocycles. The third kappa shape index (κ3) is 2.61. The van der Waals surface area contributed by atoms with Crippen LogP contribution in [0.3, 0.4) is 0 Å². The lowest BCUT2D eigenvalue weighted by Gasteiger charge is -2.18. The van der Waals surface area contributed by atoms with E-state index >= 15 is 0 Å². The number of thiophene rings is 1. The van der Waals surface area contributed by atoms with Gasteiger partial charge in [-0.1, -0.05) is 0 Å². The Balaban J connectivity index is 2.38. The number of carboxylic acids is 1. The highest BCUT2D eigenvalue weighted by molar-refractivity contribution is 7.94. The molecular weight excluding hydrogens is 302 g/mol. The van der Waals surface area contributed by atoms with Crippen LogP contribution < -0.4 is 4.31 Å². The highest BCUT2D eigenvalue weighted by Crippen LogP contribution is 2.28. The molecule has 2 aromatic rings. The lowest BCUT2D eigenvalue weighted by atomic mass is 10.3. The quantitative estimate of drug-likeness (QED) is 0.900. The monoisotopic (exact) mass is 313 g/mol. The number of anilines is 1. The molecule has 1 aromatic heterocycles. The minimum Gasteiger partial charge on any atom is -0.508 e. The first-order valence-electron chi connectivity index (χ1n) is 5.43. The van der Waals surface area contributed by atoms with Crippen molar-refractivity contribution in [2.24, 2.45) is 0 Å². The van der Waals surface area contributed by atoms with Crippen LogP contribution in [-0.2, 0) is 10.0 Å². The SMILES string of the molecule is CN(c1ccc(O)cc1)S(=O)(=O)c1ccc(C(=O)O)s1. The van der Waals surface area contributed by atoms with Gasteiger partial charge in [0, 0.05) is 7.05 Å². The minimum absolute atomic E-state index is 0.0313. The van der Waals surface area contributed by atoms with Crippen molar-refractivity contribution in [2.75, 3.05) is 11.4 Å². The lowest BCUT2D eigenvalue weighted by Crippen LogP contribution is -2.25. The highest BCUT2D eigenvalue weighted by Gasteiger charge is 2.24. The van der Waals surface area contributed by atoms with Crippen LogP contribution in [0.1, 0.15) is 9.67 Å². The first-order chi connectivity index (χ1) is 9.32. The number of aromatic carboxylic acids is 1. The number of phenols is 1. The van der Waals surface area contributed by atoms with Crippen molar-refractivity contribution in [1.82, 2.24) is 0 Å². The van der Waals surface area contributed by atoms with Crippen molar-refractivity contribution in [3.05, 3.63) is 41.3 Å². The number of rotatable bonds is 4. The molecule has 106 valence electrons. The molecule has 0 aliphatic heterocycles. The van der Waals surface area contributed by atoms with E-state index in [9.17, 15) is 18.3 Å². The van der Waals surface area contributed by atoms with Crippen LogP contribution in [0.25, 0.3) is 0 Å². The Morgan fingerprint density at radius 2 is 1.75 bits per heavy atom. The lowest BCUT2D eigenvalue weighted by molar-refractivity contribution is 0.0702. The fourth-order valence-electron chi connectivity index (χ4n) is 1.51. The summed E-state index contributed by atoms with van der Waals surface area (Å²) in [5, 5.41) is 18.0. The summed E-state index contributed by atoms with van der Waals surface area (Å²) in [6.45, 7) is 0. The molecule has 0 saturated heterocycles. The highest BCUT2D eigenvalue weighted by atomic mass is 32.2. The van der Waals surface area contributed by atoms with E-state index in [0.717, 1.165) is 4.31 Å². The zero-order valence-electron chi connectivity index (χ0n) is 10.3. The van der Waals surface area contributed by atoms with Crippen molar-refractivity contribution in [1.29, 1.82) is 0 Å². The number of carboxylic acid groups (broad SMARTS) is 1. The Hall–Kier alpha value is -2.06. The zero-order valence-corrected chi connectivity index (χ0v) is 12.0. The maximum Gasteiger partial charge on any atom is 0.345 e. The van der Waals surface area contributed by atoms with Crippen molar-refractivity contribution in [2.45, 2.75) is 4.21 Å². The van der Waals surface area contributed by atoms with Crippen LogP contribution in [-0.4, -0.2) is 31.6 Å². The first kappa shape index (κ1) is 14.4. The number of sulfonamides is 1. The maximum atomic E-state index is 12.3. The fraction of sp³-hybridized carbons (Fsp3) is 0.0833. The Kier molecular flexibility index (Phi) is 3.69. The predicted molar refractivity (Wildman–Crippen MR) is 75.0 cm³/mol. The second-order valence-electron chi connectivity index (χ2n) is 3.91. The molecular formula is C12H11NO5S2. The summed E-state index contributed by atoms with van der Waals surface area (Å²) in [4.78, 5) is 10.8. The standard InChI is InChI=1S/C12H11NO5S2/c1-13(8-2-4-9(14)5-3-8)20(17,18)11-7-6-10(19-11)12(15)16/h2-7,14H,1H3,(H,15,16). The zero-order chi connectivity index (χ0) is 14.9. The van der Waals surface area contributed by atoms with E-state index in [1.165, 1.54) is 43.4 Å². The molecule has 20 heavy (non-hydrogen) atoms. The number of hydrogen-bond donors (Lipinski definition) is 2. The van der Waals surface area contributed by atoms with Gasteiger partial charge < -0.3 is 10.2 Å². The van der Waals surface area contributed by atoms with Gasteiger partial charge in [0.2, 0.25) is 0 Å². The summed E-state index contributed by atoms with van der Waals surface area (Å²) in [5.41, 5.74) is 0.369. The second-order valence-corrected chi connectivity index (χ2v) is 7.19. The Morgan fingerprint density at radius 3 is 2.25 bits per heavy atom. The van der Waals surface area contributed by atoms with Crippen molar-refractivity contribution >= 4 is 33.0 Å². The summed E-state index contributed by atoms with van der Waals surface area (Å²) >= 11 is 0.696. The van der Waals surface area contributed by atoms with E-state index < -0.39 is 16.0 Å². The van der Waals surface area contributed by atoms with E-state index in [4.69, 9.17) is 5.11 Å². The summed E-state index contributed by atoms with van der Waals surface area (Å²) in [6, 6.07) is 8.18. The van der Waals surface area contributed by atoms with Gasteiger partial charge in [-0.25, -0.2) is 13.2 Å². The van der Waals surface area contributed by atoms with Gasteiger partial charge in [-0.15, -0.1) is 11.3 Å². The molecule has 6 nitrogen and oxygen atoms in total. The summed E-state index contributed by atoms with van der Waals surface area (Å²) in [5.74, 6) is -1.13. The van der Waals surface area contributed by atoms with E-state index in [0.29, 0.717) is 17.0 Å². The van der Waals surface area contributed by atoms with Gasteiger partial charge in [-0.3, -0.25) is 4.31 Å². The van der Waals surface area contributed by atoms with Crippen molar-refractivity contribution < 1.29 is 23.4 Å². The van der Waals surface area contributed by atoms with Crippen LogP contribution in [0.15, 0.2) is 40.6 Å². The molecule has 1 heterocycles. The summed E-state index contributed by atoms with van der Waals surface area (Å²) < 4.78 is 25.6. The van der Waals surface area contributed by atoms with Crippen LogP contribution in [0, 0.1) is 0 Å². The van der Waals surface area contributed by atoms with Gasteiger partial charge in [0.15, 0.2) is 0 Å². The van der Waals surface area contributed by atoms with Gasteiger partial charge in [0.25, 0.3) is 10.0 Å². The molecule has 0 saturated carbocycles. The molecule has 0 amide bonds. The van der Waals surface area contributed by atoms with E-state index in [1.54, 1.807) is 0 Å². The number of nitrogens with zero attached hydrogens (tertiary/aromatic N) is 1. The molecule has 0 bridgehead atoms. The Labute approximate surface area is 119 Å². The van der Waals surface area contributed by atoms with Crippen LogP contribution >= 0.6 is 11.3 Å². The third-order valence-corrected chi connectivity index (χ3v) is 5.95. The van der Waals surface area contributed by atoms with Crippen LogP contribution in [0.5, 0.6) is 5.75 Å². The average molecular weight is 313 g/mol. The van der Waals surface area contributed by atoms with Crippen LogP contribution in [0.4, 0.5) is 5.69 Å². The van der Waals surface area contributed by atoms with E-state index in [2.05, 4.69) is 0 Å². The molecule has 0 unspecified atom stereocenters. The molecule has 0 spiro atoms. The molecule has 8 heteroatoms. The summed E-state index contributed by atoms with van der Waals surface area (Å²) in [7, 11) is -2.45. The molecule has 0 aliphatic rings. The minimum atomic E-state index is -3.81. The molecule has 2 N–H and O–H groups in total. The molecule has 0 fully saturated rings. The van der Waals surface area contributed by atoms with Gasteiger partial charge in [0.05, 0.1) is 5.69 Å². The molecule has 1 aromatic carbocycles. The van der Waals surface area contributed by atoms with Crippen molar-refractivity contribution in [3.8, 4) is 5.75 Å². The number of carbonyl (C=O) groups is 1. The first-order valence-corrected chi connectivity index (χ1v) is 7.69. The Bertz CT molecular complexity index is 733.